The van der Waals surface area contributed by atoms with Crippen LogP contribution in [0.25, 0.3) is 21.8 Å². The number of fused-ring (bicyclic) bond motifs is 2. The molecule has 2 N–H and O–H groups in total. The van der Waals surface area contributed by atoms with Crippen molar-refractivity contribution in [3.8, 4) is 0 Å². The van der Waals surface area contributed by atoms with Gasteiger partial charge in [0.05, 0.1) is 28.0 Å². The van der Waals surface area contributed by atoms with Crippen LogP contribution in [0, 0.1) is 13.8 Å². The molecule has 8 nitrogen and oxygen atoms in total. The Kier molecular flexibility index (Phi) is 5.25. The van der Waals surface area contributed by atoms with E-state index in [1.165, 1.54) is 10.9 Å². The van der Waals surface area contributed by atoms with E-state index in [1.54, 1.807) is 13.1 Å². The molecule has 2 aromatic carbocycles. The van der Waals surface area contributed by atoms with Gasteiger partial charge in [-0.2, -0.15) is 5.10 Å². The van der Waals surface area contributed by atoms with Crippen LogP contribution >= 0.6 is 0 Å². The first-order chi connectivity index (χ1) is 16.4. The average Bonchev–Trinajstić information content (AvgIpc) is 3.21. The lowest BCUT2D eigenvalue weighted by atomic mass is 10.1. The van der Waals surface area contributed by atoms with E-state index < -0.39 is 11.8 Å². The zero-order valence-corrected chi connectivity index (χ0v) is 19.0. The number of benzene rings is 2. The molecule has 168 valence electrons. The maximum absolute atomic E-state index is 13.3. The third-order valence-corrected chi connectivity index (χ3v) is 5.47. The summed E-state index contributed by atoms with van der Waals surface area (Å²) < 4.78 is 1.45. The van der Waals surface area contributed by atoms with Crippen LogP contribution in [0.5, 0.6) is 0 Å². The number of nitrogens with one attached hydrogen (secondary N) is 2. The van der Waals surface area contributed by atoms with Crippen molar-refractivity contribution in [3.05, 3.63) is 89.5 Å². The van der Waals surface area contributed by atoms with Crippen LogP contribution < -0.4 is 10.6 Å². The summed E-state index contributed by atoms with van der Waals surface area (Å²) in [6.45, 7) is 3.73. The fourth-order valence-electron chi connectivity index (χ4n) is 4.02. The average molecular weight is 451 g/mol. The second-order valence-corrected chi connectivity index (χ2v) is 8.13. The molecule has 0 bridgehead atoms. The van der Waals surface area contributed by atoms with Crippen LogP contribution in [0.1, 0.15) is 32.2 Å². The number of rotatable bonds is 4. The summed E-state index contributed by atoms with van der Waals surface area (Å²) in [6.07, 6.45) is 1.54. The molecule has 0 aliphatic heterocycles. The molecule has 0 atom stereocenters. The first-order valence-electron chi connectivity index (χ1n) is 10.8. The predicted octanol–water partition coefficient (Wildman–Crippen LogP) is 4.64. The van der Waals surface area contributed by atoms with Crippen LogP contribution in [-0.2, 0) is 7.05 Å². The van der Waals surface area contributed by atoms with Gasteiger partial charge in [0.1, 0.15) is 0 Å². The first-order valence-corrected chi connectivity index (χ1v) is 10.8. The van der Waals surface area contributed by atoms with Gasteiger partial charge in [0.25, 0.3) is 11.8 Å². The standard InChI is InChI=1S/C26H22N6O2/c1-15-12-22(17-8-4-6-10-20(17)27-15)29-25(33)19-14-32(3)31-24(19)26(34)30-23-13-16(2)28-21-11-7-5-9-18(21)23/h4-14H,1-3H3,(H,27,29,33)(H,28,30,34). The molecule has 0 aliphatic carbocycles. The number of carbonyl (C=O) groups excluding carboxylic acids is 2. The molecule has 34 heavy (non-hydrogen) atoms. The number of pyridine rings is 2. The number of aryl methyl sites for hydroxylation is 3. The van der Waals surface area contributed by atoms with Gasteiger partial charge in [-0.3, -0.25) is 24.2 Å². The summed E-state index contributed by atoms with van der Waals surface area (Å²) in [5.41, 5.74) is 4.55. The zero-order chi connectivity index (χ0) is 23.8. The molecular weight excluding hydrogens is 428 g/mol. The SMILES string of the molecule is Cc1cc(NC(=O)c2cn(C)nc2C(=O)Nc2cc(C)nc3ccccc23)c2ccccc2n1. The van der Waals surface area contributed by atoms with Crippen LogP contribution in [-0.4, -0.2) is 31.6 Å². The summed E-state index contributed by atoms with van der Waals surface area (Å²) >= 11 is 0. The third-order valence-electron chi connectivity index (χ3n) is 5.47. The number of nitrogens with zero attached hydrogens (tertiary/aromatic N) is 4. The Morgan fingerprint density at radius 3 is 1.82 bits per heavy atom. The molecule has 3 heterocycles. The minimum atomic E-state index is -0.475. The Balaban J connectivity index is 1.48. The number of hydrogen-bond acceptors (Lipinski definition) is 5. The largest absolute Gasteiger partial charge is 0.321 e. The van der Waals surface area contributed by atoms with Gasteiger partial charge in [0.15, 0.2) is 5.69 Å². The Morgan fingerprint density at radius 1 is 0.765 bits per heavy atom. The molecule has 0 fully saturated rings. The van der Waals surface area contributed by atoms with Crippen molar-refractivity contribution < 1.29 is 9.59 Å². The topological polar surface area (TPSA) is 102 Å². The van der Waals surface area contributed by atoms with Crippen molar-refractivity contribution >= 4 is 45.0 Å². The number of anilines is 2. The summed E-state index contributed by atoms with van der Waals surface area (Å²) in [6, 6.07) is 18.7. The Hall–Kier alpha value is -4.59. The van der Waals surface area contributed by atoms with Gasteiger partial charge in [-0.1, -0.05) is 36.4 Å². The quantitative estimate of drug-likeness (QED) is 0.415. The molecule has 0 unspecified atom stereocenters. The van der Waals surface area contributed by atoms with Crippen LogP contribution in [0.15, 0.2) is 66.9 Å². The second-order valence-electron chi connectivity index (χ2n) is 8.13. The van der Waals surface area contributed by atoms with Crippen molar-refractivity contribution in [2.24, 2.45) is 7.05 Å². The monoisotopic (exact) mass is 450 g/mol. The molecular formula is C26H22N6O2. The van der Waals surface area contributed by atoms with Crippen molar-refractivity contribution in [3.63, 3.8) is 0 Å². The van der Waals surface area contributed by atoms with Crippen LogP contribution in [0.2, 0.25) is 0 Å². The molecule has 0 saturated heterocycles. The van der Waals surface area contributed by atoms with Gasteiger partial charge in [0.2, 0.25) is 0 Å². The number of amides is 2. The lowest BCUT2D eigenvalue weighted by molar-refractivity contribution is 0.0988. The van der Waals surface area contributed by atoms with Gasteiger partial charge < -0.3 is 10.6 Å². The molecule has 0 saturated carbocycles. The van der Waals surface area contributed by atoms with E-state index in [9.17, 15) is 9.59 Å². The number of para-hydroxylation sites is 2. The number of hydrogen-bond donors (Lipinski definition) is 2. The van der Waals surface area contributed by atoms with E-state index >= 15 is 0 Å². The maximum atomic E-state index is 13.3. The fraction of sp³-hybridized carbons (Fsp3) is 0.115. The summed E-state index contributed by atoms with van der Waals surface area (Å²) in [5, 5.41) is 11.7. The smallest absolute Gasteiger partial charge is 0.277 e. The number of aromatic nitrogens is 4. The van der Waals surface area contributed by atoms with Crippen LogP contribution in [0.4, 0.5) is 11.4 Å². The highest BCUT2D eigenvalue weighted by molar-refractivity contribution is 6.17. The minimum absolute atomic E-state index is 0.0358. The summed E-state index contributed by atoms with van der Waals surface area (Å²) in [5.74, 6) is -0.901. The highest BCUT2D eigenvalue weighted by Crippen LogP contribution is 2.26. The van der Waals surface area contributed by atoms with E-state index in [0.717, 1.165) is 33.2 Å². The molecule has 2 amide bonds. The summed E-state index contributed by atoms with van der Waals surface area (Å²) in [7, 11) is 1.67. The maximum Gasteiger partial charge on any atom is 0.277 e. The molecule has 0 radical (unpaired) electrons. The van der Waals surface area contributed by atoms with E-state index in [4.69, 9.17) is 0 Å². The molecule has 5 aromatic rings. The zero-order valence-electron chi connectivity index (χ0n) is 19.0. The van der Waals surface area contributed by atoms with Gasteiger partial charge in [-0.05, 0) is 38.1 Å². The molecule has 3 aromatic heterocycles. The number of carbonyl (C=O) groups is 2. The molecule has 0 aliphatic rings. The van der Waals surface area contributed by atoms with E-state index in [0.29, 0.717) is 11.4 Å². The van der Waals surface area contributed by atoms with E-state index in [2.05, 4.69) is 25.7 Å². The van der Waals surface area contributed by atoms with Gasteiger partial charge in [-0.25, -0.2) is 0 Å². The molecule has 8 heteroatoms. The Labute approximate surface area is 195 Å². The lowest BCUT2D eigenvalue weighted by Gasteiger charge is -2.11. The van der Waals surface area contributed by atoms with Gasteiger partial charge in [0, 0.05) is 35.4 Å². The normalized spacial score (nSPS) is 11.0. The van der Waals surface area contributed by atoms with Crippen molar-refractivity contribution in [2.75, 3.05) is 10.6 Å². The third kappa shape index (κ3) is 3.97. The van der Waals surface area contributed by atoms with E-state index in [-0.39, 0.29) is 11.3 Å². The fourth-order valence-corrected chi connectivity index (χ4v) is 4.02. The first kappa shape index (κ1) is 21.3. The van der Waals surface area contributed by atoms with Gasteiger partial charge in [-0.15, -0.1) is 0 Å². The summed E-state index contributed by atoms with van der Waals surface area (Å²) in [4.78, 5) is 35.5. The molecule has 5 rings (SSSR count). The lowest BCUT2D eigenvalue weighted by Crippen LogP contribution is -2.20. The highest BCUT2D eigenvalue weighted by atomic mass is 16.2. The van der Waals surface area contributed by atoms with Crippen LogP contribution in [0.3, 0.4) is 0 Å². The van der Waals surface area contributed by atoms with Crippen molar-refractivity contribution in [2.45, 2.75) is 13.8 Å². The highest BCUT2D eigenvalue weighted by Gasteiger charge is 2.23. The minimum Gasteiger partial charge on any atom is -0.321 e. The predicted molar refractivity (Wildman–Crippen MR) is 132 cm³/mol. The Morgan fingerprint density at radius 2 is 1.26 bits per heavy atom. The van der Waals surface area contributed by atoms with E-state index in [1.807, 2.05) is 68.4 Å². The molecule has 0 spiro atoms. The second kappa shape index (κ2) is 8.40. The Bertz CT molecular complexity index is 1470. The van der Waals surface area contributed by atoms with Gasteiger partial charge >= 0.3 is 0 Å². The van der Waals surface area contributed by atoms with Crippen molar-refractivity contribution in [1.82, 2.24) is 19.7 Å². The van der Waals surface area contributed by atoms with Crippen molar-refractivity contribution in [1.29, 1.82) is 0 Å².